The van der Waals surface area contributed by atoms with Gasteiger partial charge in [0, 0.05) is 10.7 Å². The molecule has 0 aliphatic rings. The third-order valence-electron chi connectivity index (χ3n) is 0.935. The monoisotopic (exact) mass is 312 g/mol. The van der Waals surface area contributed by atoms with E-state index in [9.17, 15) is 0 Å². The summed E-state index contributed by atoms with van der Waals surface area (Å²) in [5.74, 6) is 0. The number of aromatic nitrogens is 2. The molecule has 0 bridgehead atoms. The molecule has 0 unspecified atom stereocenters. The standard InChI is InChI=1S/C6H6BrIN2/c1-5(7)3-10-4-6(8)2-9-10/h2,4H,1,3H2. The number of rotatable bonds is 2. The van der Waals surface area contributed by atoms with Crippen molar-refractivity contribution in [3.63, 3.8) is 0 Å². The Morgan fingerprint density at radius 3 is 3.00 bits per heavy atom. The Kier molecular flexibility index (Phi) is 2.91. The average molecular weight is 313 g/mol. The van der Waals surface area contributed by atoms with Crippen LogP contribution in [0.25, 0.3) is 0 Å². The van der Waals surface area contributed by atoms with Crippen molar-refractivity contribution in [1.29, 1.82) is 0 Å². The van der Waals surface area contributed by atoms with Crippen LogP contribution in [-0.4, -0.2) is 9.78 Å². The van der Waals surface area contributed by atoms with Crippen molar-refractivity contribution >= 4 is 38.5 Å². The van der Waals surface area contributed by atoms with Crippen molar-refractivity contribution in [3.8, 4) is 0 Å². The summed E-state index contributed by atoms with van der Waals surface area (Å²) in [6, 6.07) is 0. The van der Waals surface area contributed by atoms with Crippen LogP contribution in [0.1, 0.15) is 0 Å². The molecular formula is C6H6BrIN2. The number of allylic oxidation sites excluding steroid dienone is 1. The van der Waals surface area contributed by atoms with Crippen LogP contribution in [0.5, 0.6) is 0 Å². The lowest BCUT2D eigenvalue weighted by Gasteiger charge is -1.95. The molecule has 4 heteroatoms. The van der Waals surface area contributed by atoms with E-state index in [0.717, 1.165) is 14.6 Å². The van der Waals surface area contributed by atoms with Gasteiger partial charge in [-0.05, 0) is 22.6 Å². The summed E-state index contributed by atoms with van der Waals surface area (Å²) in [5, 5.41) is 4.07. The number of nitrogens with zero attached hydrogens (tertiary/aromatic N) is 2. The van der Waals surface area contributed by atoms with Crippen molar-refractivity contribution in [2.45, 2.75) is 6.54 Å². The van der Waals surface area contributed by atoms with Crippen LogP contribution < -0.4 is 0 Å². The first-order valence-corrected chi connectivity index (χ1v) is 4.57. The molecule has 1 heterocycles. The molecule has 2 nitrogen and oxygen atoms in total. The van der Waals surface area contributed by atoms with Gasteiger partial charge in [0.05, 0.1) is 16.3 Å². The first-order valence-electron chi connectivity index (χ1n) is 2.70. The molecule has 0 saturated carbocycles. The van der Waals surface area contributed by atoms with Crippen LogP contribution in [-0.2, 0) is 6.54 Å². The Morgan fingerprint density at radius 1 is 1.90 bits per heavy atom. The molecule has 0 amide bonds. The van der Waals surface area contributed by atoms with Gasteiger partial charge in [-0.25, -0.2) is 0 Å². The van der Waals surface area contributed by atoms with Gasteiger partial charge in [-0.15, -0.1) is 0 Å². The summed E-state index contributed by atoms with van der Waals surface area (Å²) >= 11 is 5.48. The smallest absolute Gasteiger partial charge is 0.0719 e. The lowest BCUT2D eigenvalue weighted by Crippen LogP contribution is -1.96. The highest BCUT2D eigenvalue weighted by molar-refractivity contribution is 14.1. The van der Waals surface area contributed by atoms with Crippen LogP contribution in [0.4, 0.5) is 0 Å². The molecule has 0 atom stereocenters. The molecule has 0 aliphatic carbocycles. The molecule has 1 aromatic heterocycles. The van der Waals surface area contributed by atoms with E-state index < -0.39 is 0 Å². The third kappa shape index (κ3) is 2.42. The molecule has 0 N–H and O–H groups in total. The highest BCUT2D eigenvalue weighted by Crippen LogP contribution is 2.06. The topological polar surface area (TPSA) is 17.8 Å². The van der Waals surface area contributed by atoms with Crippen molar-refractivity contribution in [1.82, 2.24) is 9.78 Å². The van der Waals surface area contributed by atoms with Crippen molar-refractivity contribution in [3.05, 3.63) is 27.0 Å². The third-order valence-corrected chi connectivity index (χ3v) is 1.74. The Morgan fingerprint density at radius 2 is 2.60 bits per heavy atom. The summed E-state index contributed by atoms with van der Waals surface area (Å²) in [5.41, 5.74) is 0. The minimum Gasteiger partial charge on any atom is -0.267 e. The van der Waals surface area contributed by atoms with Gasteiger partial charge in [-0.1, -0.05) is 22.5 Å². The predicted molar refractivity (Wildman–Crippen MR) is 53.0 cm³/mol. The van der Waals surface area contributed by atoms with Gasteiger partial charge < -0.3 is 0 Å². The highest BCUT2D eigenvalue weighted by atomic mass is 127. The van der Waals surface area contributed by atoms with Crippen LogP contribution in [0.15, 0.2) is 23.5 Å². The zero-order valence-corrected chi connectivity index (χ0v) is 8.96. The number of hydrogen-bond acceptors (Lipinski definition) is 1. The Bertz CT molecular complexity index is 244. The SMILES string of the molecule is C=C(Br)Cn1cc(I)cn1. The van der Waals surface area contributed by atoms with E-state index in [0.29, 0.717) is 0 Å². The lowest BCUT2D eigenvalue weighted by atomic mass is 10.6. The normalized spacial score (nSPS) is 9.80. The molecule has 1 aromatic rings. The van der Waals surface area contributed by atoms with Gasteiger partial charge >= 0.3 is 0 Å². The lowest BCUT2D eigenvalue weighted by molar-refractivity contribution is 0.698. The summed E-state index contributed by atoms with van der Waals surface area (Å²) < 4.78 is 3.91. The molecule has 1 rings (SSSR count). The summed E-state index contributed by atoms with van der Waals surface area (Å²) in [7, 11) is 0. The molecule has 0 aromatic carbocycles. The van der Waals surface area contributed by atoms with E-state index in [2.05, 4.69) is 50.2 Å². The van der Waals surface area contributed by atoms with E-state index >= 15 is 0 Å². The summed E-state index contributed by atoms with van der Waals surface area (Å²) in [6.07, 6.45) is 3.78. The molecule has 0 saturated heterocycles. The molecule has 0 aliphatic heterocycles. The van der Waals surface area contributed by atoms with Gasteiger partial charge in [0.1, 0.15) is 0 Å². The minimum atomic E-state index is 0.739. The molecule has 10 heavy (non-hydrogen) atoms. The van der Waals surface area contributed by atoms with Crippen molar-refractivity contribution in [2.75, 3.05) is 0 Å². The first kappa shape index (κ1) is 8.26. The van der Waals surface area contributed by atoms with Crippen molar-refractivity contribution < 1.29 is 0 Å². The van der Waals surface area contributed by atoms with Crippen LogP contribution in [0.2, 0.25) is 0 Å². The van der Waals surface area contributed by atoms with E-state index in [1.807, 2.05) is 17.1 Å². The number of hydrogen-bond donors (Lipinski definition) is 0. The molecule has 0 fully saturated rings. The van der Waals surface area contributed by atoms with Crippen LogP contribution in [0, 0.1) is 3.57 Å². The van der Waals surface area contributed by atoms with Crippen molar-refractivity contribution in [2.24, 2.45) is 0 Å². The average Bonchev–Trinajstić information content (AvgIpc) is 2.13. The molecule has 54 valence electrons. The van der Waals surface area contributed by atoms with Gasteiger partial charge in [-0.2, -0.15) is 5.10 Å². The minimum absolute atomic E-state index is 0.739. The fourth-order valence-corrected chi connectivity index (χ4v) is 1.30. The fraction of sp³-hybridized carbons (Fsp3) is 0.167. The predicted octanol–water partition coefficient (Wildman–Crippen LogP) is 2.40. The molecular weight excluding hydrogens is 307 g/mol. The van der Waals surface area contributed by atoms with Gasteiger partial charge in [0.15, 0.2) is 0 Å². The van der Waals surface area contributed by atoms with E-state index in [1.165, 1.54) is 0 Å². The second-order valence-electron chi connectivity index (χ2n) is 1.87. The maximum absolute atomic E-state index is 4.07. The Balaban J connectivity index is 2.67. The highest BCUT2D eigenvalue weighted by Gasteiger charge is 1.93. The Labute approximate surface area is 81.6 Å². The van der Waals surface area contributed by atoms with Gasteiger partial charge in [0.25, 0.3) is 0 Å². The van der Waals surface area contributed by atoms with E-state index in [1.54, 1.807) is 0 Å². The molecule has 0 spiro atoms. The van der Waals surface area contributed by atoms with Gasteiger partial charge in [-0.3, -0.25) is 4.68 Å². The second kappa shape index (κ2) is 3.52. The fourth-order valence-electron chi connectivity index (χ4n) is 0.601. The quantitative estimate of drug-likeness (QED) is 0.767. The van der Waals surface area contributed by atoms with E-state index in [-0.39, 0.29) is 0 Å². The zero-order valence-electron chi connectivity index (χ0n) is 5.22. The number of halogens is 2. The van der Waals surface area contributed by atoms with Gasteiger partial charge in [0.2, 0.25) is 0 Å². The second-order valence-corrected chi connectivity index (χ2v) is 4.24. The van der Waals surface area contributed by atoms with Crippen LogP contribution >= 0.6 is 38.5 Å². The summed E-state index contributed by atoms with van der Waals surface area (Å²) in [4.78, 5) is 0. The van der Waals surface area contributed by atoms with Crippen LogP contribution in [0.3, 0.4) is 0 Å². The maximum Gasteiger partial charge on any atom is 0.0719 e. The first-order chi connectivity index (χ1) is 4.68. The maximum atomic E-state index is 4.07. The largest absolute Gasteiger partial charge is 0.267 e. The van der Waals surface area contributed by atoms with E-state index in [4.69, 9.17) is 0 Å². The summed E-state index contributed by atoms with van der Waals surface area (Å²) in [6.45, 7) is 4.45. The Hall–Kier alpha value is 0.160. The zero-order chi connectivity index (χ0) is 7.56. The molecule has 0 radical (unpaired) electrons.